The Kier molecular flexibility index (Phi) is 3.36. The van der Waals surface area contributed by atoms with Crippen LogP contribution in [0.3, 0.4) is 0 Å². The van der Waals surface area contributed by atoms with E-state index in [1.807, 2.05) is 0 Å². The first-order valence-electron chi connectivity index (χ1n) is 7.09. The van der Waals surface area contributed by atoms with E-state index < -0.39 is 0 Å². The van der Waals surface area contributed by atoms with Crippen molar-refractivity contribution in [3.8, 4) is 0 Å². The summed E-state index contributed by atoms with van der Waals surface area (Å²) in [5.74, 6) is 0.486. The summed E-state index contributed by atoms with van der Waals surface area (Å²) in [5, 5.41) is 0. The van der Waals surface area contributed by atoms with E-state index in [0.29, 0.717) is 30.8 Å². The van der Waals surface area contributed by atoms with Crippen molar-refractivity contribution in [3.63, 3.8) is 0 Å². The van der Waals surface area contributed by atoms with Crippen LogP contribution in [0.5, 0.6) is 0 Å². The zero-order valence-electron chi connectivity index (χ0n) is 12.6. The van der Waals surface area contributed by atoms with Crippen LogP contribution >= 0.6 is 0 Å². The third-order valence-corrected chi connectivity index (χ3v) is 5.32. The molecule has 3 nitrogen and oxygen atoms in total. The molecule has 0 amide bonds. The third kappa shape index (κ3) is 2.24. The molecule has 0 N–H and O–H groups in total. The van der Waals surface area contributed by atoms with Crippen molar-refractivity contribution < 1.29 is 14.3 Å². The average Bonchev–Trinajstić information content (AvgIpc) is 2.35. The number of rotatable bonds is 2. The molecule has 2 rings (SSSR count). The Hall–Kier alpha value is -1.12. The molecule has 2 aliphatic carbocycles. The molecule has 0 aromatic heterocycles. The van der Waals surface area contributed by atoms with Crippen LogP contribution in [0, 0.1) is 16.7 Å². The van der Waals surface area contributed by atoms with Crippen LogP contribution in [0.1, 0.15) is 53.9 Å². The Morgan fingerprint density at radius 1 is 1.21 bits per heavy atom. The molecule has 1 fully saturated rings. The first-order chi connectivity index (χ1) is 8.67. The van der Waals surface area contributed by atoms with Gasteiger partial charge in [0.2, 0.25) is 0 Å². The molecule has 0 heterocycles. The van der Waals surface area contributed by atoms with Crippen molar-refractivity contribution in [2.24, 2.45) is 16.7 Å². The second kappa shape index (κ2) is 4.46. The maximum atomic E-state index is 12.2. The van der Waals surface area contributed by atoms with Crippen LogP contribution in [-0.4, -0.2) is 17.9 Å². The molecule has 0 atom stereocenters. The lowest BCUT2D eigenvalue weighted by atomic mass is 9.46. The Morgan fingerprint density at radius 3 is 2.26 bits per heavy atom. The van der Waals surface area contributed by atoms with Gasteiger partial charge < -0.3 is 4.74 Å². The fraction of sp³-hybridized carbons (Fsp3) is 0.750. The van der Waals surface area contributed by atoms with E-state index in [1.54, 1.807) is 6.08 Å². The van der Waals surface area contributed by atoms with Crippen molar-refractivity contribution >= 4 is 11.8 Å². The molecule has 106 valence electrons. The number of Topliss-reactive ketones (excluding diaryl/α,β-unsaturated/α-hetero) is 1. The molecule has 0 aromatic rings. The summed E-state index contributed by atoms with van der Waals surface area (Å²) in [6.07, 6.45) is 3.05. The summed E-state index contributed by atoms with van der Waals surface area (Å²) in [4.78, 5) is 23.4. The van der Waals surface area contributed by atoms with E-state index >= 15 is 0 Å². The van der Waals surface area contributed by atoms with Gasteiger partial charge in [0.1, 0.15) is 11.9 Å². The summed E-state index contributed by atoms with van der Waals surface area (Å²) in [6, 6.07) is 0. The summed E-state index contributed by atoms with van der Waals surface area (Å²) < 4.78 is 5.74. The van der Waals surface area contributed by atoms with E-state index in [9.17, 15) is 9.59 Å². The summed E-state index contributed by atoms with van der Waals surface area (Å²) in [5.41, 5.74) is 0.708. The normalized spacial score (nSPS) is 32.3. The zero-order valence-corrected chi connectivity index (χ0v) is 12.6. The molecule has 0 unspecified atom stereocenters. The number of carbonyl (C=O) groups excluding carboxylic acids is 2. The molecule has 0 bridgehead atoms. The lowest BCUT2D eigenvalue weighted by molar-refractivity contribution is -0.225. The van der Waals surface area contributed by atoms with Gasteiger partial charge in [-0.05, 0) is 12.3 Å². The first-order valence-corrected chi connectivity index (χ1v) is 7.09. The van der Waals surface area contributed by atoms with Crippen LogP contribution in [0.25, 0.3) is 0 Å². The second-order valence-corrected chi connectivity index (χ2v) is 7.12. The molecule has 19 heavy (non-hydrogen) atoms. The second-order valence-electron chi connectivity index (χ2n) is 7.12. The van der Waals surface area contributed by atoms with Crippen LogP contribution in [0.15, 0.2) is 11.6 Å². The van der Waals surface area contributed by atoms with Crippen LogP contribution in [0.2, 0.25) is 0 Å². The molecule has 1 saturated carbocycles. The molecule has 0 aliphatic heterocycles. The number of carbonyl (C=O) groups is 2. The van der Waals surface area contributed by atoms with Crippen molar-refractivity contribution in [3.05, 3.63) is 11.6 Å². The van der Waals surface area contributed by atoms with Gasteiger partial charge in [0.05, 0.1) is 0 Å². The number of allylic oxidation sites excluding steroid dienone is 1. The summed E-state index contributed by atoms with van der Waals surface area (Å²) >= 11 is 0. The molecule has 0 spiro atoms. The Bertz CT molecular complexity index is 427. The Labute approximate surface area is 115 Å². The number of hydrogen-bond donors (Lipinski definition) is 0. The van der Waals surface area contributed by atoms with Crippen LogP contribution in [0.4, 0.5) is 0 Å². The highest BCUT2D eigenvalue weighted by Gasteiger charge is 2.61. The predicted octanol–water partition coefficient (Wildman–Crippen LogP) is 3.28. The Balaban J connectivity index is 2.06. The maximum Gasteiger partial charge on any atom is 0.334 e. The molecule has 0 saturated heterocycles. The third-order valence-electron chi connectivity index (χ3n) is 5.32. The zero-order chi connectivity index (χ0) is 14.4. The minimum atomic E-state index is -0.231. The van der Waals surface area contributed by atoms with Gasteiger partial charge in [0, 0.05) is 29.2 Å². The van der Waals surface area contributed by atoms with E-state index in [4.69, 9.17) is 4.74 Å². The fourth-order valence-corrected chi connectivity index (χ4v) is 3.66. The molecule has 3 heteroatoms. The van der Waals surface area contributed by atoms with E-state index in [1.165, 1.54) is 0 Å². The quantitative estimate of drug-likeness (QED) is 0.719. The van der Waals surface area contributed by atoms with E-state index in [-0.39, 0.29) is 28.7 Å². The smallest absolute Gasteiger partial charge is 0.334 e. The van der Waals surface area contributed by atoms with E-state index in [0.717, 1.165) is 0 Å². The average molecular weight is 264 g/mol. The fourth-order valence-electron chi connectivity index (χ4n) is 3.66. The lowest BCUT2D eigenvalue weighted by Crippen LogP contribution is -2.63. The molecule has 0 radical (unpaired) electrons. The van der Waals surface area contributed by atoms with Crippen molar-refractivity contribution in [2.45, 2.75) is 60.0 Å². The summed E-state index contributed by atoms with van der Waals surface area (Å²) in [7, 11) is 0. The highest BCUT2D eigenvalue weighted by atomic mass is 16.5. The number of ketones is 1. The van der Waals surface area contributed by atoms with Crippen LogP contribution in [-0.2, 0) is 14.3 Å². The van der Waals surface area contributed by atoms with Crippen molar-refractivity contribution in [1.29, 1.82) is 0 Å². The molecular weight excluding hydrogens is 240 g/mol. The van der Waals surface area contributed by atoms with Gasteiger partial charge in [0.15, 0.2) is 0 Å². The highest BCUT2D eigenvalue weighted by Crippen LogP contribution is 2.60. The maximum absolute atomic E-state index is 12.2. The Morgan fingerprint density at radius 2 is 1.79 bits per heavy atom. The van der Waals surface area contributed by atoms with E-state index in [2.05, 4.69) is 34.6 Å². The molecule has 0 aromatic carbocycles. The number of esters is 1. The van der Waals surface area contributed by atoms with Gasteiger partial charge in [0.25, 0.3) is 0 Å². The topological polar surface area (TPSA) is 43.4 Å². The first kappa shape index (κ1) is 14.3. The standard InChI is InChI=1S/C16H24O3/c1-10-15(2,3)14(16(10,4)5)19-13(18)11-6-8-12(17)9-7-11/h6,10,14H,7-9H2,1-5H3. The van der Waals surface area contributed by atoms with Gasteiger partial charge in [-0.15, -0.1) is 0 Å². The minimum Gasteiger partial charge on any atom is -0.458 e. The lowest BCUT2D eigenvalue weighted by Gasteiger charge is -2.62. The number of hydrogen-bond acceptors (Lipinski definition) is 3. The van der Waals surface area contributed by atoms with Crippen molar-refractivity contribution in [1.82, 2.24) is 0 Å². The monoisotopic (exact) mass is 264 g/mol. The molecular formula is C16H24O3. The van der Waals surface area contributed by atoms with Gasteiger partial charge in [-0.25, -0.2) is 4.79 Å². The van der Waals surface area contributed by atoms with Gasteiger partial charge in [-0.3, -0.25) is 4.79 Å². The van der Waals surface area contributed by atoms with Gasteiger partial charge in [-0.1, -0.05) is 40.7 Å². The molecule has 2 aliphatic rings. The predicted molar refractivity (Wildman–Crippen MR) is 73.5 cm³/mol. The summed E-state index contributed by atoms with van der Waals surface area (Å²) in [6.45, 7) is 10.8. The van der Waals surface area contributed by atoms with Gasteiger partial charge in [-0.2, -0.15) is 0 Å². The minimum absolute atomic E-state index is 0.0181. The SMILES string of the molecule is CC1C(C)(C)C(OC(=O)C2=CCC(=O)CC2)C1(C)C. The van der Waals surface area contributed by atoms with Gasteiger partial charge >= 0.3 is 5.97 Å². The van der Waals surface area contributed by atoms with Crippen molar-refractivity contribution in [2.75, 3.05) is 0 Å². The largest absolute Gasteiger partial charge is 0.458 e. The highest BCUT2D eigenvalue weighted by molar-refractivity contribution is 5.93. The number of ether oxygens (including phenoxy) is 1. The van der Waals surface area contributed by atoms with Crippen LogP contribution < -0.4 is 0 Å².